The number of ether oxygens (including phenoxy) is 1. The molecule has 110 valence electrons. The van der Waals surface area contributed by atoms with Crippen LogP contribution in [0.15, 0.2) is 48.5 Å². The Bertz CT molecular complexity index is 644. The van der Waals surface area contributed by atoms with E-state index in [1.165, 1.54) is 12.1 Å². The highest BCUT2D eigenvalue weighted by molar-refractivity contribution is 7.80. The van der Waals surface area contributed by atoms with Crippen molar-refractivity contribution < 1.29 is 13.5 Å². The molecule has 0 saturated carbocycles. The van der Waals surface area contributed by atoms with Crippen molar-refractivity contribution in [1.82, 2.24) is 0 Å². The first-order chi connectivity index (χ1) is 9.90. The van der Waals surface area contributed by atoms with Gasteiger partial charge >= 0.3 is 5.92 Å². The summed E-state index contributed by atoms with van der Waals surface area (Å²) in [6.07, 6.45) is 0. The molecule has 0 bridgehead atoms. The van der Waals surface area contributed by atoms with Gasteiger partial charge in [-0.3, -0.25) is 0 Å². The molecule has 0 saturated heterocycles. The number of alkyl halides is 2. The zero-order valence-corrected chi connectivity index (χ0v) is 12.3. The lowest BCUT2D eigenvalue weighted by atomic mass is 10.1. The topological polar surface area (TPSA) is 35.2 Å². The Morgan fingerprint density at radius 3 is 2.48 bits per heavy atom. The smallest absolute Gasteiger partial charge is 0.306 e. The summed E-state index contributed by atoms with van der Waals surface area (Å²) in [6.45, 7) is 1.04. The fraction of sp³-hybridized carbons (Fsp3) is 0.188. The molecule has 0 aromatic heterocycles. The van der Waals surface area contributed by atoms with Gasteiger partial charge in [0.15, 0.2) is 6.61 Å². The lowest BCUT2D eigenvalue weighted by Gasteiger charge is -2.18. The van der Waals surface area contributed by atoms with E-state index < -0.39 is 12.5 Å². The van der Waals surface area contributed by atoms with Crippen LogP contribution in [0, 0.1) is 6.92 Å². The van der Waals surface area contributed by atoms with Crippen LogP contribution in [0.25, 0.3) is 0 Å². The van der Waals surface area contributed by atoms with Gasteiger partial charge < -0.3 is 10.5 Å². The van der Waals surface area contributed by atoms with E-state index in [1.54, 1.807) is 43.3 Å². The first kappa shape index (κ1) is 15.4. The Morgan fingerprint density at radius 1 is 1.19 bits per heavy atom. The third kappa shape index (κ3) is 3.76. The van der Waals surface area contributed by atoms with Crippen LogP contribution in [0.4, 0.5) is 8.78 Å². The second-order valence-electron chi connectivity index (χ2n) is 4.70. The minimum Gasteiger partial charge on any atom is -0.487 e. The number of rotatable bonds is 5. The summed E-state index contributed by atoms with van der Waals surface area (Å²) in [6, 6.07) is 12.6. The number of hydrogen-bond acceptors (Lipinski definition) is 2. The molecule has 0 radical (unpaired) electrons. The van der Waals surface area contributed by atoms with E-state index in [9.17, 15) is 8.78 Å². The molecule has 21 heavy (non-hydrogen) atoms. The summed E-state index contributed by atoms with van der Waals surface area (Å²) in [5.41, 5.74) is 6.80. The van der Waals surface area contributed by atoms with Gasteiger partial charge in [-0.25, -0.2) is 0 Å². The van der Waals surface area contributed by atoms with E-state index in [1.807, 2.05) is 0 Å². The zero-order chi connectivity index (χ0) is 15.5. The molecule has 0 aliphatic rings. The predicted molar refractivity (Wildman–Crippen MR) is 82.9 cm³/mol. The van der Waals surface area contributed by atoms with E-state index in [0.717, 1.165) is 5.56 Å². The summed E-state index contributed by atoms with van der Waals surface area (Å²) in [7, 11) is 0. The molecule has 2 nitrogen and oxygen atoms in total. The quantitative estimate of drug-likeness (QED) is 0.853. The van der Waals surface area contributed by atoms with Crippen LogP contribution in [0.3, 0.4) is 0 Å². The van der Waals surface area contributed by atoms with Gasteiger partial charge in [0, 0.05) is 11.1 Å². The summed E-state index contributed by atoms with van der Waals surface area (Å²) in [5.74, 6) is -2.71. The molecule has 2 rings (SSSR count). The molecule has 5 heteroatoms. The summed E-state index contributed by atoms with van der Waals surface area (Å²) in [5, 5.41) is 0. The highest BCUT2D eigenvalue weighted by Gasteiger charge is 2.32. The number of benzene rings is 2. The number of hydrogen-bond donors (Lipinski definition) is 1. The maximum absolute atomic E-state index is 14.1. The van der Waals surface area contributed by atoms with Crippen molar-refractivity contribution in [3.63, 3.8) is 0 Å². The van der Waals surface area contributed by atoms with Gasteiger partial charge in [-0.1, -0.05) is 54.7 Å². The maximum atomic E-state index is 14.1. The minimum absolute atomic E-state index is 0.0758. The molecule has 0 heterocycles. The number of aryl methyl sites for hydroxylation is 1. The van der Waals surface area contributed by atoms with Crippen LogP contribution in [-0.2, 0) is 5.92 Å². The largest absolute Gasteiger partial charge is 0.487 e. The van der Waals surface area contributed by atoms with Gasteiger partial charge in [-0.15, -0.1) is 0 Å². The van der Waals surface area contributed by atoms with Gasteiger partial charge in [0.05, 0.1) is 0 Å². The lowest BCUT2D eigenvalue weighted by molar-refractivity contribution is -0.0468. The van der Waals surface area contributed by atoms with Crippen molar-refractivity contribution in [2.45, 2.75) is 12.8 Å². The molecule has 0 spiro atoms. The van der Waals surface area contributed by atoms with E-state index in [0.29, 0.717) is 11.3 Å². The second-order valence-corrected chi connectivity index (χ2v) is 5.14. The molecule has 0 atom stereocenters. The Hall–Kier alpha value is -2.01. The molecule has 2 aromatic carbocycles. The third-order valence-electron chi connectivity index (χ3n) is 3.08. The maximum Gasteiger partial charge on any atom is 0.306 e. The first-order valence-electron chi connectivity index (χ1n) is 6.37. The van der Waals surface area contributed by atoms with Gasteiger partial charge in [0.1, 0.15) is 10.7 Å². The SMILES string of the molecule is Cc1ccc(C(N)=S)cc1OCC(F)(F)c1ccccc1. The fourth-order valence-electron chi connectivity index (χ4n) is 1.84. The molecule has 0 fully saturated rings. The summed E-state index contributed by atoms with van der Waals surface area (Å²) < 4.78 is 33.4. The average Bonchev–Trinajstić information content (AvgIpc) is 2.47. The monoisotopic (exact) mass is 307 g/mol. The summed E-state index contributed by atoms with van der Waals surface area (Å²) >= 11 is 4.87. The van der Waals surface area contributed by atoms with Crippen molar-refractivity contribution in [2.75, 3.05) is 6.61 Å². The minimum atomic E-state index is -3.06. The van der Waals surface area contributed by atoms with Gasteiger partial charge in [-0.2, -0.15) is 8.78 Å². The van der Waals surface area contributed by atoms with Crippen LogP contribution in [0.1, 0.15) is 16.7 Å². The third-order valence-corrected chi connectivity index (χ3v) is 3.31. The highest BCUT2D eigenvalue weighted by atomic mass is 32.1. The highest BCUT2D eigenvalue weighted by Crippen LogP contribution is 2.29. The standard InChI is InChI=1S/C16H15F2NOS/c1-11-7-8-12(15(19)21)9-14(11)20-10-16(17,18)13-5-3-2-4-6-13/h2-9H,10H2,1H3,(H2,19,21). The van der Waals surface area contributed by atoms with Gasteiger partial charge in [0.25, 0.3) is 0 Å². The average molecular weight is 307 g/mol. The number of halogens is 2. The van der Waals surface area contributed by atoms with Crippen LogP contribution >= 0.6 is 12.2 Å². The first-order valence-corrected chi connectivity index (χ1v) is 6.77. The van der Waals surface area contributed by atoms with Crippen molar-refractivity contribution in [3.8, 4) is 5.75 Å². The van der Waals surface area contributed by atoms with Crippen LogP contribution in [0.2, 0.25) is 0 Å². The molecule has 0 amide bonds. The van der Waals surface area contributed by atoms with E-state index in [-0.39, 0.29) is 10.6 Å². The molecular formula is C16H15F2NOS. The molecule has 0 unspecified atom stereocenters. The predicted octanol–water partition coefficient (Wildman–Crippen LogP) is 3.80. The Balaban J connectivity index is 2.16. The summed E-state index contributed by atoms with van der Waals surface area (Å²) in [4.78, 5) is 0.203. The van der Waals surface area contributed by atoms with Crippen molar-refractivity contribution in [1.29, 1.82) is 0 Å². The van der Waals surface area contributed by atoms with E-state index in [2.05, 4.69) is 0 Å². The zero-order valence-electron chi connectivity index (χ0n) is 11.5. The van der Waals surface area contributed by atoms with Crippen molar-refractivity contribution in [2.24, 2.45) is 5.73 Å². The van der Waals surface area contributed by atoms with Gasteiger partial charge in [0.2, 0.25) is 0 Å². The Labute approximate surface area is 127 Å². The van der Waals surface area contributed by atoms with Crippen molar-refractivity contribution in [3.05, 3.63) is 65.2 Å². The molecule has 0 aliphatic carbocycles. The van der Waals surface area contributed by atoms with Gasteiger partial charge in [-0.05, 0) is 18.6 Å². The van der Waals surface area contributed by atoms with Crippen molar-refractivity contribution >= 4 is 17.2 Å². The number of thiocarbonyl (C=S) groups is 1. The van der Waals surface area contributed by atoms with Crippen LogP contribution in [0.5, 0.6) is 5.75 Å². The van der Waals surface area contributed by atoms with Crippen LogP contribution in [-0.4, -0.2) is 11.6 Å². The molecular weight excluding hydrogens is 292 g/mol. The second kappa shape index (κ2) is 6.18. The Kier molecular flexibility index (Phi) is 4.53. The van der Waals surface area contributed by atoms with E-state index >= 15 is 0 Å². The molecule has 2 aromatic rings. The van der Waals surface area contributed by atoms with Crippen LogP contribution < -0.4 is 10.5 Å². The molecule has 0 aliphatic heterocycles. The Morgan fingerprint density at radius 2 is 1.86 bits per heavy atom. The van der Waals surface area contributed by atoms with E-state index in [4.69, 9.17) is 22.7 Å². The number of nitrogens with two attached hydrogens (primary N) is 1. The lowest BCUT2D eigenvalue weighted by Crippen LogP contribution is -2.23. The normalized spacial score (nSPS) is 11.2. The fourth-order valence-corrected chi connectivity index (χ4v) is 1.97. The molecule has 2 N–H and O–H groups in total.